The maximum atomic E-state index is 9.90. The number of nitrogens with zero attached hydrogens (tertiary/aromatic N) is 1. The molecule has 0 bridgehead atoms. The SMILES string of the molecule is C#CCOC[C@@H](O)CN(CCOC)Cc1cccs1. The van der Waals surface area contributed by atoms with E-state index in [-0.39, 0.29) is 13.2 Å². The summed E-state index contributed by atoms with van der Waals surface area (Å²) in [6.45, 7) is 3.28. The molecule has 0 aromatic carbocycles. The Hall–Kier alpha value is -0.900. The number of ether oxygens (including phenoxy) is 2. The first-order valence-electron chi connectivity index (χ1n) is 6.19. The van der Waals surface area contributed by atoms with Gasteiger partial charge in [-0.15, -0.1) is 17.8 Å². The molecule has 0 fully saturated rings. The van der Waals surface area contributed by atoms with E-state index in [9.17, 15) is 5.11 Å². The van der Waals surface area contributed by atoms with Crippen LogP contribution in [0.1, 0.15) is 4.88 Å². The summed E-state index contributed by atoms with van der Waals surface area (Å²) >= 11 is 1.71. The second kappa shape index (κ2) is 9.96. The van der Waals surface area contributed by atoms with E-state index < -0.39 is 6.10 Å². The predicted octanol–water partition coefficient (Wildman–Crippen LogP) is 1.21. The Morgan fingerprint density at radius 1 is 1.58 bits per heavy atom. The van der Waals surface area contributed by atoms with Crippen molar-refractivity contribution in [1.82, 2.24) is 4.90 Å². The van der Waals surface area contributed by atoms with Gasteiger partial charge in [-0.1, -0.05) is 12.0 Å². The van der Waals surface area contributed by atoms with E-state index in [0.717, 1.165) is 13.1 Å². The molecular weight excluding hydrogens is 262 g/mol. The lowest BCUT2D eigenvalue weighted by Crippen LogP contribution is -2.36. The fourth-order valence-corrected chi connectivity index (χ4v) is 2.43. The summed E-state index contributed by atoms with van der Waals surface area (Å²) in [5, 5.41) is 12.0. The third-order valence-electron chi connectivity index (χ3n) is 2.54. The highest BCUT2D eigenvalue weighted by atomic mass is 32.1. The van der Waals surface area contributed by atoms with Crippen molar-refractivity contribution in [2.75, 3.05) is 40.0 Å². The van der Waals surface area contributed by atoms with Crippen molar-refractivity contribution in [2.45, 2.75) is 12.6 Å². The molecule has 106 valence electrons. The summed E-state index contributed by atoms with van der Waals surface area (Å²) in [5.74, 6) is 2.38. The molecule has 4 nitrogen and oxygen atoms in total. The number of methoxy groups -OCH3 is 1. The highest BCUT2D eigenvalue weighted by Gasteiger charge is 2.12. The maximum absolute atomic E-state index is 9.90. The lowest BCUT2D eigenvalue weighted by atomic mass is 10.3. The molecule has 1 N–H and O–H groups in total. The van der Waals surface area contributed by atoms with Crippen LogP contribution in [0, 0.1) is 12.3 Å². The van der Waals surface area contributed by atoms with Crippen LogP contribution in [0.15, 0.2) is 17.5 Å². The highest BCUT2D eigenvalue weighted by Crippen LogP contribution is 2.12. The lowest BCUT2D eigenvalue weighted by Gasteiger charge is -2.24. The minimum Gasteiger partial charge on any atom is -0.389 e. The average molecular weight is 283 g/mol. The van der Waals surface area contributed by atoms with Crippen LogP contribution < -0.4 is 0 Å². The van der Waals surface area contributed by atoms with Crippen molar-refractivity contribution < 1.29 is 14.6 Å². The standard InChI is InChI=1S/C14H21NO3S/c1-3-7-18-12-13(16)10-15(6-8-17-2)11-14-5-4-9-19-14/h1,4-5,9,13,16H,6-8,10-12H2,2H3/t13-/m0/s1. The van der Waals surface area contributed by atoms with Crippen molar-refractivity contribution in [1.29, 1.82) is 0 Å². The number of aliphatic hydroxyl groups excluding tert-OH is 1. The summed E-state index contributed by atoms with van der Waals surface area (Å²) < 4.78 is 10.2. The summed E-state index contributed by atoms with van der Waals surface area (Å²) in [5.41, 5.74) is 0. The van der Waals surface area contributed by atoms with Gasteiger partial charge in [0.25, 0.3) is 0 Å². The van der Waals surface area contributed by atoms with Gasteiger partial charge in [-0.2, -0.15) is 0 Å². The molecule has 0 saturated carbocycles. The highest BCUT2D eigenvalue weighted by molar-refractivity contribution is 7.09. The Morgan fingerprint density at radius 3 is 3.05 bits per heavy atom. The molecular formula is C14H21NO3S. The van der Waals surface area contributed by atoms with E-state index in [2.05, 4.69) is 22.3 Å². The van der Waals surface area contributed by atoms with Crippen LogP contribution in [0.4, 0.5) is 0 Å². The van der Waals surface area contributed by atoms with E-state index in [1.165, 1.54) is 4.88 Å². The summed E-state index contributed by atoms with van der Waals surface area (Å²) in [6, 6.07) is 4.12. The number of hydrogen-bond acceptors (Lipinski definition) is 5. The largest absolute Gasteiger partial charge is 0.389 e. The smallest absolute Gasteiger partial charge is 0.107 e. The first-order valence-corrected chi connectivity index (χ1v) is 7.07. The summed E-state index contributed by atoms with van der Waals surface area (Å²) in [7, 11) is 1.68. The predicted molar refractivity (Wildman–Crippen MR) is 77.1 cm³/mol. The zero-order valence-electron chi connectivity index (χ0n) is 11.2. The minimum atomic E-state index is -0.537. The summed E-state index contributed by atoms with van der Waals surface area (Å²) in [6.07, 6.45) is 4.55. The average Bonchev–Trinajstić information content (AvgIpc) is 2.89. The Balaban J connectivity index is 2.37. The quantitative estimate of drug-likeness (QED) is 0.518. The zero-order chi connectivity index (χ0) is 13.9. The monoisotopic (exact) mass is 283 g/mol. The number of rotatable bonds is 10. The Bertz CT molecular complexity index is 361. The molecule has 0 radical (unpaired) electrons. The second-order valence-corrected chi connectivity index (χ2v) is 5.21. The molecule has 1 atom stereocenters. The third kappa shape index (κ3) is 7.31. The van der Waals surface area contributed by atoms with Gasteiger partial charge >= 0.3 is 0 Å². The lowest BCUT2D eigenvalue weighted by molar-refractivity contribution is 0.0210. The van der Waals surface area contributed by atoms with Crippen molar-refractivity contribution >= 4 is 11.3 Å². The molecule has 0 spiro atoms. The molecule has 0 aliphatic heterocycles. The van der Waals surface area contributed by atoms with E-state index in [0.29, 0.717) is 13.2 Å². The van der Waals surface area contributed by atoms with Gasteiger partial charge in [-0.05, 0) is 11.4 Å². The first-order chi connectivity index (χ1) is 9.26. The van der Waals surface area contributed by atoms with Crippen molar-refractivity contribution in [3.8, 4) is 12.3 Å². The number of hydrogen-bond donors (Lipinski definition) is 1. The van der Waals surface area contributed by atoms with Crippen molar-refractivity contribution in [2.24, 2.45) is 0 Å². The van der Waals surface area contributed by atoms with Crippen LogP contribution in [-0.4, -0.2) is 56.1 Å². The van der Waals surface area contributed by atoms with E-state index in [1.54, 1.807) is 18.4 Å². The molecule has 1 rings (SSSR count). The molecule has 5 heteroatoms. The zero-order valence-corrected chi connectivity index (χ0v) is 12.1. The normalized spacial score (nSPS) is 12.5. The van der Waals surface area contributed by atoms with Gasteiger partial charge in [0.2, 0.25) is 0 Å². The van der Waals surface area contributed by atoms with Gasteiger partial charge in [0.05, 0.1) is 19.3 Å². The molecule has 19 heavy (non-hydrogen) atoms. The third-order valence-corrected chi connectivity index (χ3v) is 3.40. The summed E-state index contributed by atoms with van der Waals surface area (Å²) in [4.78, 5) is 3.42. The Labute approximate surface area is 119 Å². The van der Waals surface area contributed by atoms with Crippen LogP contribution in [-0.2, 0) is 16.0 Å². The molecule has 0 unspecified atom stereocenters. The topological polar surface area (TPSA) is 41.9 Å². The van der Waals surface area contributed by atoms with Gasteiger partial charge < -0.3 is 14.6 Å². The number of aliphatic hydroxyl groups is 1. The Morgan fingerprint density at radius 2 is 2.42 bits per heavy atom. The van der Waals surface area contributed by atoms with Crippen molar-refractivity contribution in [3.63, 3.8) is 0 Å². The second-order valence-electron chi connectivity index (χ2n) is 4.18. The molecule has 0 saturated heterocycles. The van der Waals surface area contributed by atoms with Gasteiger partial charge in [0, 0.05) is 31.6 Å². The van der Waals surface area contributed by atoms with Gasteiger partial charge in [0.1, 0.15) is 6.61 Å². The molecule has 0 aliphatic rings. The van der Waals surface area contributed by atoms with Gasteiger partial charge in [-0.25, -0.2) is 0 Å². The molecule has 1 aromatic heterocycles. The number of terminal acetylenes is 1. The molecule has 0 amide bonds. The van der Waals surface area contributed by atoms with E-state index >= 15 is 0 Å². The number of thiophene rings is 1. The maximum Gasteiger partial charge on any atom is 0.107 e. The van der Waals surface area contributed by atoms with Crippen LogP contribution in [0.25, 0.3) is 0 Å². The van der Waals surface area contributed by atoms with Crippen molar-refractivity contribution in [3.05, 3.63) is 22.4 Å². The van der Waals surface area contributed by atoms with Crippen LogP contribution in [0.5, 0.6) is 0 Å². The molecule has 0 aliphatic carbocycles. The van der Waals surface area contributed by atoms with Crippen LogP contribution in [0.2, 0.25) is 0 Å². The van der Waals surface area contributed by atoms with Crippen LogP contribution >= 0.6 is 11.3 Å². The van der Waals surface area contributed by atoms with E-state index in [4.69, 9.17) is 15.9 Å². The van der Waals surface area contributed by atoms with Gasteiger partial charge in [0.15, 0.2) is 0 Å². The van der Waals surface area contributed by atoms with E-state index in [1.807, 2.05) is 6.07 Å². The fourth-order valence-electron chi connectivity index (χ4n) is 1.68. The fraction of sp³-hybridized carbons (Fsp3) is 0.571. The first kappa shape index (κ1) is 16.2. The molecule has 1 heterocycles. The Kier molecular flexibility index (Phi) is 8.47. The minimum absolute atomic E-state index is 0.236. The molecule has 1 aromatic rings. The van der Waals surface area contributed by atoms with Crippen LogP contribution in [0.3, 0.4) is 0 Å². The van der Waals surface area contributed by atoms with Gasteiger partial charge in [-0.3, -0.25) is 4.90 Å².